The van der Waals surface area contributed by atoms with Gasteiger partial charge in [-0.25, -0.2) is 9.97 Å². The maximum Gasteiger partial charge on any atom is 0.150 e. The largest absolute Gasteiger partial charge is 0.382 e. The van der Waals surface area contributed by atoms with Crippen LogP contribution in [0.4, 0.5) is 11.6 Å². The molecule has 1 aromatic heterocycles. The number of halogens is 1. The second-order valence-electron chi connectivity index (χ2n) is 3.13. The van der Waals surface area contributed by atoms with Gasteiger partial charge in [0.15, 0.2) is 5.82 Å². The van der Waals surface area contributed by atoms with Crippen LogP contribution in [0.2, 0.25) is 5.02 Å². The van der Waals surface area contributed by atoms with E-state index in [1.165, 1.54) is 6.33 Å². The lowest BCUT2D eigenvalue weighted by atomic mass is 10.3. The highest BCUT2D eigenvalue weighted by atomic mass is 35.5. The first-order chi connectivity index (χ1) is 7.15. The van der Waals surface area contributed by atoms with Gasteiger partial charge in [0.1, 0.15) is 17.2 Å². The Morgan fingerprint density at radius 3 is 3.00 bits per heavy atom. The molecule has 1 unspecified atom stereocenters. The Hall–Kier alpha value is -1.07. The fourth-order valence-electron chi connectivity index (χ4n) is 1.05. The first-order valence-electron chi connectivity index (χ1n) is 4.75. The van der Waals surface area contributed by atoms with Crippen LogP contribution in [0, 0.1) is 0 Å². The molecule has 0 aliphatic heterocycles. The molecule has 15 heavy (non-hydrogen) atoms. The summed E-state index contributed by atoms with van der Waals surface area (Å²) in [7, 11) is 0. The molecule has 5 nitrogen and oxygen atoms in total. The minimum absolute atomic E-state index is 0.122. The van der Waals surface area contributed by atoms with Crippen LogP contribution in [0.5, 0.6) is 0 Å². The molecule has 0 spiro atoms. The van der Waals surface area contributed by atoms with Crippen LogP contribution >= 0.6 is 11.6 Å². The van der Waals surface area contributed by atoms with Crippen molar-refractivity contribution in [2.45, 2.75) is 19.9 Å². The highest BCUT2D eigenvalue weighted by Crippen LogP contribution is 2.23. The predicted octanol–water partition coefficient (Wildman–Crippen LogP) is 1.55. The summed E-state index contributed by atoms with van der Waals surface area (Å²) < 4.78 is 5.26. The Kier molecular flexibility index (Phi) is 4.58. The summed E-state index contributed by atoms with van der Waals surface area (Å²) in [4.78, 5) is 7.77. The van der Waals surface area contributed by atoms with E-state index in [1.807, 2.05) is 13.8 Å². The maximum atomic E-state index is 5.92. The number of hydrogen-bond acceptors (Lipinski definition) is 5. The molecule has 6 heteroatoms. The lowest BCUT2D eigenvalue weighted by Gasteiger charge is -2.15. The number of anilines is 2. The summed E-state index contributed by atoms with van der Waals surface area (Å²) in [6.45, 7) is 5.20. The number of nitrogens with two attached hydrogens (primary N) is 1. The number of nitrogens with zero attached hydrogens (tertiary/aromatic N) is 2. The number of aromatic nitrogens is 2. The van der Waals surface area contributed by atoms with Crippen molar-refractivity contribution in [3.8, 4) is 0 Å². The Labute approximate surface area is 94.0 Å². The number of ether oxygens (including phenoxy) is 1. The number of nitrogens with one attached hydrogen (secondary N) is 1. The normalized spacial score (nSPS) is 12.5. The van der Waals surface area contributed by atoms with Gasteiger partial charge in [-0.15, -0.1) is 0 Å². The second-order valence-corrected chi connectivity index (χ2v) is 3.50. The quantitative estimate of drug-likeness (QED) is 0.803. The van der Waals surface area contributed by atoms with Crippen molar-refractivity contribution < 1.29 is 4.74 Å². The molecule has 1 heterocycles. The molecule has 0 saturated carbocycles. The van der Waals surface area contributed by atoms with Crippen LogP contribution in [-0.2, 0) is 4.74 Å². The molecule has 84 valence electrons. The van der Waals surface area contributed by atoms with E-state index in [0.29, 0.717) is 24.1 Å². The summed E-state index contributed by atoms with van der Waals surface area (Å²) in [5.41, 5.74) is 5.54. The predicted molar refractivity (Wildman–Crippen MR) is 61.0 cm³/mol. The Morgan fingerprint density at radius 2 is 2.33 bits per heavy atom. The Morgan fingerprint density at radius 1 is 1.60 bits per heavy atom. The molecule has 1 atom stereocenters. The van der Waals surface area contributed by atoms with Crippen molar-refractivity contribution in [3.05, 3.63) is 11.3 Å². The smallest absolute Gasteiger partial charge is 0.150 e. The second kappa shape index (κ2) is 5.72. The first-order valence-corrected chi connectivity index (χ1v) is 5.13. The zero-order valence-electron chi connectivity index (χ0n) is 8.83. The number of hydrogen-bond donors (Lipinski definition) is 2. The van der Waals surface area contributed by atoms with Crippen molar-refractivity contribution in [2.75, 3.05) is 24.3 Å². The summed E-state index contributed by atoms with van der Waals surface area (Å²) in [6.07, 6.45) is 1.37. The van der Waals surface area contributed by atoms with Gasteiger partial charge in [0, 0.05) is 12.6 Å². The third kappa shape index (κ3) is 3.53. The van der Waals surface area contributed by atoms with Crippen LogP contribution < -0.4 is 11.1 Å². The van der Waals surface area contributed by atoms with E-state index in [-0.39, 0.29) is 11.9 Å². The van der Waals surface area contributed by atoms with Gasteiger partial charge in [-0.3, -0.25) is 0 Å². The minimum atomic E-state index is 0.122. The van der Waals surface area contributed by atoms with Crippen LogP contribution in [0.25, 0.3) is 0 Å². The fraction of sp³-hybridized carbons (Fsp3) is 0.556. The molecule has 1 aromatic rings. The van der Waals surface area contributed by atoms with E-state index in [4.69, 9.17) is 22.1 Å². The molecule has 0 radical (unpaired) electrons. The average Bonchev–Trinajstić information content (AvgIpc) is 2.22. The van der Waals surface area contributed by atoms with Crippen molar-refractivity contribution in [2.24, 2.45) is 0 Å². The van der Waals surface area contributed by atoms with Crippen LogP contribution in [0.3, 0.4) is 0 Å². The van der Waals surface area contributed by atoms with E-state index in [9.17, 15) is 0 Å². The van der Waals surface area contributed by atoms with Crippen molar-refractivity contribution >= 4 is 23.2 Å². The van der Waals surface area contributed by atoms with E-state index in [1.54, 1.807) is 0 Å². The molecule has 0 amide bonds. The van der Waals surface area contributed by atoms with Gasteiger partial charge >= 0.3 is 0 Å². The van der Waals surface area contributed by atoms with Crippen molar-refractivity contribution in [3.63, 3.8) is 0 Å². The van der Waals surface area contributed by atoms with Crippen LogP contribution in [-0.4, -0.2) is 29.2 Å². The lowest BCUT2D eigenvalue weighted by Crippen LogP contribution is -2.22. The first kappa shape index (κ1) is 12.0. The minimum Gasteiger partial charge on any atom is -0.382 e. The van der Waals surface area contributed by atoms with Crippen molar-refractivity contribution in [1.82, 2.24) is 9.97 Å². The van der Waals surface area contributed by atoms with Gasteiger partial charge in [0.25, 0.3) is 0 Å². The summed E-state index contributed by atoms with van der Waals surface area (Å²) in [5, 5.41) is 3.45. The Bertz CT molecular complexity index is 321. The zero-order valence-corrected chi connectivity index (χ0v) is 9.58. The van der Waals surface area contributed by atoms with E-state index < -0.39 is 0 Å². The molecule has 1 rings (SSSR count). The highest BCUT2D eigenvalue weighted by Gasteiger charge is 2.09. The molecule has 0 aromatic carbocycles. The van der Waals surface area contributed by atoms with Gasteiger partial charge in [-0.2, -0.15) is 0 Å². The molecule has 0 aliphatic carbocycles. The monoisotopic (exact) mass is 230 g/mol. The summed E-state index contributed by atoms with van der Waals surface area (Å²) in [5.74, 6) is 0.814. The van der Waals surface area contributed by atoms with Gasteiger partial charge in [-0.1, -0.05) is 11.6 Å². The topological polar surface area (TPSA) is 73.1 Å². The van der Waals surface area contributed by atoms with Gasteiger partial charge in [0.05, 0.1) is 6.61 Å². The third-order valence-electron chi connectivity index (χ3n) is 1.77. The van der Waals surface area contributed by atoms with Crippen LogP contribution in [0.15, 0.2) is 6.33 Å². The summed E-state index contributed by atoms with van der Waals surface area (Å²) in [6, 6.07) is 0.122. The molecular weight excluding hydrogens is 216 g/mol. The van der Waals surface area contributed by atoms with Crippen LogP contribution in [0.1, 0.15) is 13.8 Å². The van der Waals surface area contributed by atoms with Gasteiger partial charge in [0.2, 0.25) is 0 Å². The zero-order chi connectivity index (χ0) is 11.3. The lowest BCUT2D eigenvalue weighted by molar-refractivity contribution is 0.141. The van der Waals surface area contributed by atoms with E-state index in [0.717, 1.165) is 0 Å². The molecule has 0 aliphatic rings. The summed E-state index contributed by atoms with van der Waals surface area (Å²) >= 11 is 5.92. The highest BCUT2D eigenvalue weighted by molar-refractivity contribution is 6.35. The van der Waals surface area contributed by atoms with Crippen molar-refractivity contribution in [1.29, 1.82) is 0 Å². The molecule has 0 fully saturated rings. The molecular formula is C9H15ClN4O. The maximum absolute atomic E-state index is 5.92. The fourth-order valence-corrected chi connectivity index (χ4v) is 1.21. The third-order valence-corrected chi connectivity index (χ3v) is 2.14. The number of rotatable bonds is 5. The Balaban J connectivity index is 2.60. The van der Waals surface area contributed by atoms with Gasteiger partial charge in [-0.05, 0) is 13.8 Å². The number of nitrogen functional groups attached to an aromatic ring is 1. The standard InChI is InChI=1S/C9H15ClN4O/c1-3-15-4-6(2)14-9-7(10)8(11)12-5-13-9/h5-6H,3-4H2,1-2H3,(H3,11,12,13,14). The molecule has 3 N–H and O–H groups in total. The van der Waals surface area contributed by atoms with Gasteiger partial charge < -0.3 is 15.8 Å². The van der Waals surface area contributed by atoms with E-state index >= 15 is 0 Å². The SMILES string of the molecule is CCOCC(C)Nc1ncnc(N)c1Cl. The van der Waals surface area contributed by atoms with E-state index in [2.05, 4.69) is 15.3 Å². The average molecular weight is 231 g/mol. The molecule has 0 bridgehead atoms. The molecule has 0 saturated heterocycles.